The van der Waals surface area contributed by atoms with E-state index >= 15 is 0 Å². The van der Waals surface area contributed by atoms with Crippen LogP contribution in [0.25, 0.3) is 0 Å². The third-order valence-electron chi connectivity index (χ3n) is 1.31. The minimum atomic E-state index is -2.37. The predicted octanol–water partition coefficient (Wildman–Crippen LogP) is 0.504. The van der Waals surface area contributed by atoms with Crippen LogP contribution in [0.15, 0.2) is 0 Å². The largest absolute Gasteiger partial charge is 0.367 e. The van der Waals surface area contributed by atoms with E-state index < -0.39 is 17.7 Å². The van der Waals surface area contributed by atoms with E-state index in [9.17, 15) is 4.21 Å². The van der Waals surface area contributed by atoms with E-state index in [4.69, 9.17) is 9.66 Å². The smallest absolute Gasteiger partial charge is 0.304 e. The first-order valence-corrected chi connectivity index (χ1v) is 4.07. The highest BCUT2D eigenvalue weighted by atomic mass is 32.2. The summed E-state index contributed by atoms with van der Waals surface area (Å²) in [6.07, 6.45) is -0.436. The molecule has 0 bridgehead atoms. The highest BCUT2D eigenvalue weighted by Gasteiger charge is 2.14. The molecule has 0 aliphatic heterocycles. The Kier molecular flexibility index (Phi) is 4.80. The van der Waals surface area contributed by atoms with Crippen LogP contribution < -0.4 is 0 Å². The molecule has 0 fully saturated rings. The van der Waals surface area contributed by atoms with Gasteiger partial charge in [-0.05, 0) is 6.42 Å². The van der Waals surface area contributed by atoms with Crippen molar-refractivity contribution in [2.75, 3.05) is 0 Å². The number of rotatable bonds is 4. The van der Waals surface area contributed by atoms with Crippen molar-refractivity contribution in [3.63, 3.8) is 0 Å². The third kappa shape index (κ3) is 3.94. The molecule has 0 aromatic carbocycles. The summed E-state index contributed by atoms with van der Waals surface area (Å²) in [7, 11) is 0. The predicted molar refractivity (Wildman–Crippen MR) is 37.3 cm³/mol. The molecule has 10 heavy (non-hydrogen) atoms. The Balaban J connectivity index is 3.61. The molecule has 0 aliphatic carbocycles. The van der Waals surface area contributed by atoms with Crippen molar-refractivity contribution in [1.82, 2.24) is 0 Å². The average molecular weight is 168 g/mol. The zero-order valence-corrected chi connectivity index (χ0v) is 6.80. The zero-order valence-electron chi connectivity index (χ0n) is 5.98. The molecule has 0 saturated carbocycles. The van der Waals surface area contributed by atoms with Gasteiger partial charge in [-0.2, -0.15) is 4.21 Å². The molecule has 0 aromatic rings. The molecule has 0 rings (SSSR count). The molecular weight excluding hydrogens is 156 g/mol. The summed E-state index contributed by atoms with van der Waals surface area (Å²) in [6, 6.07) is 0. The van der Waals surface area contributed by atoms with E-state index in [-0.39, 0.29) is 5.92 Å². The Morgan fingerprint density at radius 3 is 2.50 bits per heavy atom. The van der Waals surface area contributed by atoms with Crippen molar-refractivity contribution in [2.45, 2.75) is 26.6 Å². The van der Waals surface area contributed by atoms with Crippen LogP contribution in [0, 0.1) is 5.92 Å². The first-order valence-electron chi connectivity index (χ1n) is 3.04. The molecule has 0 heterocycles. The average Bonchev–Trinajstić information content (AvgIpc) is 1.85. The summed E-state index contributed by atoms with van der Waals surface area (Å²) in [6.45, 7) is 3.59. The summed E-state index contributed by atoms with van der Waals surface area (Å²) in [5, 5.41) is 8.91. The van der Waals surface area contributed by atoms with Gasteiger partial charge in [-0.15, -0.1) is 0 Å². The lowest BCUT2D eigenvalue weighted by molar-refractivity contribution is -0.0539. The fraction of sp³-hybridized carbons (Fsp3) is 1.00. The van der Waals surface area contributed by atoms with Gasteiger partial charge >= 0.3 is 11.4 Å². The second kappa shape index (κ2) is 4.79. The topological polar surface area (TPSA) is 66.8 Å². The lowest BCUT2D eigenvalue weighted by Crippen LogP contribution is -2.21. The number of aliphatic hydroxyl groups is 1. The van der Waals surface area contributed by atoms with Crippen molar-refractivity contribution < 1.29 is 18.1 Å². The van der Waals surface area contributed by atoms with Crippen molar-refractivity contribution in [3.05, 3.63) is 0 Å². The molecule has 0 radical (unpaired) electrons. The SMILES string of the molecule is CCC(C)C(O)OS(=O)O. The van der Waals surface area contributed by atoms with Gasteiger partial charge in [-0.3, -0.25) is 4.55 Å². The zero-order chi connectivity index (χ0) is 8.15. The van der Waals surface area contributed by atoms with E-state index in [1.165, 1.54) is 0 Å². The lowest BCUT2D eigenvalue weighted by Gasteiger charge is -2.13. The standard InChI is InChI=1S/C5H12O4S/c1-3-4(2)5(6)9-10(7)8/h4-6H,3H2,1-2H3,(H,7,8). The summed E-state index contributed by atoms with van der Waals surface area (Å²) in [4.78, 5) is 0. The van der Waals surface area contributed by atoms with Gasteiger partial charge in [-0.1, -0.05) is 13.8 Å². The lowest BCUT2D eigenvalue weighted by atomic mass is 10.1. The Labute approximate surface area is 62.7 Å². The Morgan fingerprint density at radius 1 is 1.70 bits per heavy atom. The van der Waals surface area contributed by atoms with Crippen LogP contribution in [-0.4, -0.2) is 20.2 Å². The summed E-state index contributed by atoms with van der Waals surface area (Å²) in [5.41, 5.74) is 0. The Hall–Kier alpha value is 0.0300. The normalized spacial score (nSPS) is 20.0. The highest BCUT2D eigenvalue weighted by Crippen LogP contribution is 2.08. The quantitative estimate of drug-likeness (QED) is 0.474. The van der Waals surface area contributed by atoms with E-state index in [0.29, 0.717) is 6.42 Å². The molecule has 3 atom stereocenters. The molecule has 62 valence electrons. The minimum absolute atomic E-state index is 0.115. The second-order valence-corrected chi connectivity index (χ2v) is 2.72. The maximum atomic E-state index is 9.96. The number of aliphatic hydroxyl groups excluding tert-OH is 1. The van der Waals surface area contributed by atoms with Crippen LogP contribution in [-0.2, 0) is 15.5 Å². The molecule has 0 aromatic heterocycles. The van der Waals surface area contributed by atoms with Gasteiger partial charge in [0.15, 0.2) is 6.29 Å². The van der Waals surface area contributed by atoms with Crippen LogP contribution in [0.2, 0.25) is 0 Å². The Bertz CT molecular complexity index is 116. The van der Waals surface area contributed by atoms with Crippen molar-refractivity contribution in [2.24, 2.45) is 5.92 Å². The van der Waals surface area contributed by atoms with E-state index in [1.54, 1.807) is 6.92 Å². The van der Waals surface area contributed by atoms with Crippen LogP contribution in [0.5, 0.6) is 0 Å². The second-order valence-electron chi connectivity index (χ2n) is 2.09. The van der Waals surface area contributed by atoms with Gasteiger partial charge in [0, 0.05) is 5.92 Å². The van der Waals surface area contributed by atoms with Crippen LogP contribution in [0.3, 0.4) is 0 Å². The molecule has 0 amide bonds. The van der Waals surface area contributed by atoms with Crippen molar-refractivity contribution in [3.8, 4) is 0 Å². The summed E-state index contributed by atoms with van der Waals surface area (Å²) >= 11 is -2.37. The molecule has 0 aliphatic rings. The summed E-state index contributed by atoms with van der Waals surface area (Å²) in [5.74, 6) is -0.115. The van der Waals surface area contributed by atoms with Gasteiger partial charge < -0.3 is 5.11 Å². The van der Waals surface area contributed by atoms with E-state index in [2.05, 4.69) is 4.18 Å². The van der Waals surface area contributed by atoms with E-state index in [1.807, 2.05) is 6.92 Å². The maximum absolute atomic E-state index is 9.96. The fourth-order valence-corrected chi connectivity index (χ4v) is 0.739. The summed E-state index contributed by atoms with van der Waals surface area (Å²) < 4.78 is 22.3. The van der Waals surface area contributed by atoms with Crippen LogP contribution in [0.1, 0.15) is 20.3 Å². The minimum Gasteiger partial charge on any atom is -0.367 e. The molecule has 2 N–H and O–H groups in total. The molecule has 4 nitrogen and oxygen atoms in total. The van der Waals surface area contributed by atoms with Crippen molar-refractivity contribution >= 4 is 11.4 Å². The Morgan fingerprint density at radius 2 is 2.20 bits per heavy atom. The first kappa shape index (κ1) is 10.0. The monoisotopic (exact) mass is 168 g/mol. The van der Waals surface area contributed by atoms with Gasteiger partial charge in [0.2, 0.25) is 0 Å². The fourth-order valence-electron chi connectivity index (χ4n) is 0.381. The number of hydrogen-bond acceptors (Lipinski definition) is 3. The maximum Gasteiger partial charge on any atom is 0.304 e. The van der Waals surface area contributed by atoms with E-state index in [0.717, 1.165) is 0 Å². The van der Waals surface area contributed by atoms with Crippen LogP contribution >= 0.6 is 0 Å². The van der Waals surface area contributed by atoms with Crippen molar-refractivity contribution in [1.29, 1.82) is 0 Å². The van der Waals surface area contributed by atoms with Gasteiger partial charge in [0.25, 0.3) is 0 Å². The molecule has 3 unspecified atom stereocenters. The van der Waals surface area contributed by atoms with Gasteiger partial charge in [-0.25, -0.2) is 4.18 Å². The van der Waals surface area contributed by atoms with Crippen LogP contribution in [0.4, 0.5) is 0 Å². The highest BCUT2D eigenvalue weighted by molar-refractivity contribution is 7.74. The molecule has 0 saturated heterocycles. The molecular formula is C5H12O4S. The third-order valence-corrected chi connectivity index (χ3v) is 1.67. The van der Waals surface area contributed by atoms with Gasteiger partial charge in [0.05, 0.1) is 0 Å². The molecule has 5 heteroatoms. The molecule has 0 spiro atoms. The number of hydrogen-bond donors (Lipinski definition) is 2. The first-order chi connectivity index (χ1) is 4.57. The van der Waals surface area contributed by atoms with Gasteiger partial charge in [0.1, 0.15) is 0 Å².